The summed E-state index contributed by atoms with van der Waals surface area (Å²) in [6.07, 6.45) is 4.26. The van der Waals surface area contributed by atoms with Gasteiger partial charge in [0.2, 0.25) is 5.91 Å². The molecule has 0 heterocycles. The van der Waals surface area contributed by atoms with Crippen LogP contribution in [0.25, 0.3) is 0 Å². The number of carbonyl (C=O) groups excluding carboxylic acids is 1. The van der Waals surface area contributed by atoms with Crippen LogP contribution in [0.2, 0.25) is 0 Å². The average molecular weight is 213 g/mol. The molecule has 0 radical (unpaired) electrons. The quantitative estimate of drug-likeness (QED) is 0.746. The van der Waals surface area contributed by atoms with Crippen LogP contribution >= 0.6 is 0 Å². The zero-order valence-electron chi connectivity index (χ0n) is 10.0. The first-order valence-electron chi connectivity index (χ1n) is 5.91. The van der Waals surface area contributed by atoms with Gasteiger partial charge >= 0.3 is 0 Å². The Morgan fingerprint density at radius 1 is 1.40 bits per heavy atom. The second-order valence-corrected chi connectivity index (χ2v) is 5.27. The minimum Gasteiger partial charge on any atom is -0.394 e. The van der Waals surface area contributed by atoms with Gasteiger partial charge in [-0.3, -0.25) is 4.79 Å². The van der Waals surface area contributed by atoms with Crippen molar-refractivity contribution in [3.63, 3.8) is 0 Å². The number of nitrogens with one attached hydrogen (secondary N) is 1. The third-order valence-electron chi connectivity index (χ3n) is 3.57. The van der Waals surface area contributed by atoms with Crippen molar-refractivity contribution < 1.29 is 9.90 Å². The van der Waals surface area contributed by atoms with Crippen LogP contribution in [-0.4, -0.2) is 23.7 Å². The van der Waals surface area contributed by atoms with E-state index in [1.54, 1.807) is 0 Å². The third kappa shape index (κ3) is 2.94. The molecule has 1 amide bonds. The van der Waals surface area contributed by atoms with Gasteiger partial charge in [0.15, 0.2) is 0 Å². The summed E-state index contributed by atoms with van der Waals surface area (Å²) in [5, 5.41) is 12.1. The SMILES string of the molecule is CC(C)C(CO)NC(=O)C1(C)CCCC1. The molecule has 1 unspecified atom stereocenters. The zero-order valence-corrected chi connectivity index (χ0v) is 10.0. The molecule has 1 saturated carbocycles. The summed E-state index contributed by atoms with van der Waals surface area (Å²) < 4.78 is 0. The Bertz CT molecular complexity index is 220. The Morgan fingerprint density at radius 2 is 1.93 bits per heavy atom. The fourth-order valence-electron chi connectivity index (χ4n) is 2.15. The molecule has 0 bridgehead atoms. The Kier molecular flexibility index (Phi) is 4.14. The van der Waals surface area contributed by atoms with Gasteiger partial charge < -0.3 is 10.4 Å². The highest BCUT2D eigenvalue weighted by atomic mass is 16.3. The van der Waals surface area contributed by atoms with Gasteiger partial charge in [0, 0.05) is 5.41 Å². The first-order valence-corrected chi connectivity index (χ1v) is 5.91. The minimum atomic E-state index is -0.192. The van der Waals surface area contributed by atoms with Crippen molar-refractivity contribution in [2.45, 2.75) is 52.5 Å². The van der Waals surface area contributed by atoms with E-state index >= 15 is 0 Å². The Morgan fingerprint density at radius 3 is 2.33 bits per heavy atom. The molecule has 1 aliphatic carbocycles. The van der Waals surface area contributed by atoms with E-state index in [0.717, 1.165) is 25.7 Å². The molecule has 15 heavy (non-hydrogen) atoms. The summed E-state index contributed by atoms with van der Waals surface area (Å²) in [4.78, 5) is 12.0. The van der Waals surface area contributed by atoms with Crippen molar-refractivity contribution in [2.75, 3.05) is 6.61 Å². The summed E-state index contributed by atoms with van der Waals surface area (Å²) in [5.74, 6) is 0.400. The number of hydrogen-bond donors (Lipinski definition) is 2. The maximum atomic E-state index is 12.0. The van der Waals surface area contributed by atoms with Gasteiger partial charge in [-0.15, -0.1) is 0 Å². The first kappa shape index (κ1) is 12.5. The average Bonchev–Trinajstić information content (AvgIpc) is 2.61. The number of aliphatic hydroxyl groups is 1. The van der Waals surface area contributed by atoms with Gasteiger partial charge in [0.05, 0.1) is 12.6 Å². The molecule has 1 atom stereocenters. The highest BCUT2D eigenvalue weighted by Gasteiger charge is 2.37. The fourth-order valence-corrected chi connectivity index (χ4v) is 2.15. The van der Waals surface area contributed by atoms with Crippen LogP contribution < -0.4 is 5.32 Å². The molecule has 0 aromatic rings. The van der Waals surface area contributed by atoms with Crippen molar-refractivity contribution in [1.29, 1.82) is 0 Å². The molecule has 1 rings (SSSR count). The van der Waals surface area contributed by atoms with Gasteiger partial charge in [0.1, 0.15) is 0 Å². The van der Waals surface area contributed by atoms with E-state index in [9.17, 15) is 4.79 Å². The van der Waals surface area contributed by atoms with E-state index in [1.165, 1.54) is 0 Å². The number of rotatable bonds is 4. The smallest absolute Gasteiger partial charge is 0.226 e. The van der Waals surface area contributed by atoms with Crippen LogP contribution in [0.5, 0.6) is 0 Å². The second kappa shape index (κ2) is 4.97. The molecule has 88 valence electrons. The van der Waals surface area contributed by atoms with Crippen LogP contribution in [0.1, 0.15) is 46.5 Å². The van der Waals surface area contributed by atoms with E-state index in [1.807, 2.05) is 20.8 Å². The molecule has 0 aromatic heterocycles. The van der Waals surface area contributed by atoms with Crippen molar-refractivity contribution in [3.05, 3.63) is 0 Å². The van der Waals surface area contributed by atoms with Gasteiger partial charge in [-0.1, -0.05) is 33.6 Å². The number of aliphatic hydroxyl groups excluding tert-OH is 1. The molecule has 0 aromatic carbocycles. The maximum absolute atomic E-state index is 12.0. The van der Waals surface area contributed by atoms with E-state index in [-0.39, 0.29) is 29.9 Å². The largest absolute Gasteiger partial charge is 0.394 e. The summed E-state index contributed by atoms with van der Waals surface area (Å²) in [7, 11) is 0. The molecule has 0 aliphatic heterocycles. The maximum Gasteiger partial charge on any atom is 0.226 e. The Labute approximate surface area is 92.3 Å². The van der Waals surface area contributed by atoms with Gasteiger partial charge in [0.25, 0.3) is 0 Å². The lowest BCUT2D eigenvalue weighted by Crippen LogP contribution is -2.47. The molecule has 3 heteroatoms. The molecular formula is C12H23NO2. The van der Waals surface area contributed by atoms with Crippen LogP contribution in [0.3, 0.4) is 0 Å². The van der Waals surface area contributed by atoms with E-state index in [2.05, 4.69) is 5.32 Å². The fraction of sp³-hybridized carbons (Fsp3) is 0.917. The highest BCUT2D eigenvalue weighted by Crippen LogP contribution is 2.37. The molecule has 0 spiro atoms. The molecule has 1 aliphatic rings. The third-order valence-corrected chi connectivity index (χ3v) is 3.57. The monoisotopic (exact) mass is 213 g/mol. The van der Waals surface area contributed by atoms with Crippen molar-refractivity contribution >= 4 is 5.91 Å². The first-order chi connectivity index (χ1) is 6.99. The summed E-state index contributed by atoms with van der Waals surface area (Å²) >= 11 is 0. The summed E-state index contributed by atoms with van der Waals surface area (Å²) in [5.41, 5.74) is -0.192. The number of carbonyl (C=O) groups is 1. The van der Waals surface area contributed by atoms with Gasteiger partial charge in [-0.2, -0.15) is 0 Å². The molecule has 1 fully saturated rings. The van der Waals surface area contributed by atoms with Crippen molar-refractivity contribution in [2.24, 2.45) is 11.3 Å². The highest BCUT2D eigenvalue weighted by molar-refractivity contribution is 5.82. The van der Waals surface area contributed by atoms with Crippen LogP contribution in [0.15, 0.2) is 0 Å². The minimum absolute atomic E-state index is 0.0273. The molecular weight excluding hydrogens is 190 g/mol. The van der Waals surface area contributed by atoms with Gasteiger partial charge in [-0.05, 0) is 18.8 Å². The summed E-state index contributed by atoms with van der Waals surface area (Å²) in [6, 6.07) is -0.102. The van der Waals surface area contributed by atoms with Crippen molar-refractivity contribution in [3.8, 4) is 0 Å². The molecule has 0 saturated heterocycles. The zero-order chi connectivity index (χ0) is 11.5. The van der Waals surface area contributed by atoms with E-state index < -0.39 is 0 Å². The predicted molar refractivity (Wildman–Crippen MR) is 60.4 cm³/mol. The lowest BCUT2D eigenvalue weighted by molar-refractivity contribution is -0.131. The lowest BCUT2D eigenvalue weighted by atomic mass is 9.87. The predicted octanol–water partition coefficient (Wildman–Crippen LogP) is 1.70. The summed E-state index contributed by atoms with van der Waals surface area (Å²) in [6.45, 7) is 6.08. The Hall–Kier alpha value is -0.570. The topological polar surface area (TPSA) is 49.3 Å². The second-order valence-electron chi connectivity index (χ2n) is 5.27. The lowest BCUT2D eigenvalue weighted by Gasteiger charge is -2.27. The number of amides is 1. The van der Waals surface area contributed by atoms with E-state index in [0.29, 0.717) is 0 Å². The molecule has 3 nitrogen and oxygen atoms in total. The Balaban J connectivity index is 2.53. The van der Waals surface area contributed by atoms with Crippen molar-refractivity contribution in [1.82, 2.24) is 5.32 Å². The van der Waals surface area contributed by atoms with Gasteiger partial charge in [-0.25, -0.2) is 0 Å². The normalized spacial score (nSPS) is 21.7. The standard InChI is InChI=1S/C12H23NO2/c1-9(2)10(8-14)13-11(15)12(3)6-4-5-7-12/h9-10,14H,4-8H2,1-3H3,(H,13,15). The van der Waals surface area contributed by atoms with Crippen LogP contribution in [-0.2, 0) is 4.79 Å². The number of hydrogen-bond acceptors (Lipinski definition) is 2. The van der Waals surface area contributed by atoms with E-state index in [4.69, 9.17) is 5.11 Å². The van der Waals surface area contributed by atoms with Crippen LogP contribution in [0, 0.1) is 11.3 Å². The van der Waals surface area contributed by atoms with Crippen LogP contribution in [0.4, 0.5) is 0 Å². The molecule has 2 N–H and O–H groups in total.